The van der Waals surface area contributed by atoms with Crippen molar-refractivity contribution < 1.29 is 4.79 Å². The number of nitrogens with zero attached hydrogens (tertiary/aromatic N) is 3. The molecule has 1 N–H and O–H groups in total. The minimum absolute atomic E-state index is 0.140. The van der Waals surface area contributed by atoms with Gasteiger partial charge in [0, 0.05) is 24.5 Å². The number of carbonyl (C=O) groups is 1. The van der Waals surface area contributed by atoms with Crippen LogP contribution in [0.4, 0.5) is 5.69 Å². The molecule has 0 radical (unpaired) electrons. The first-order chi connectivity index (χ1) is 10.1. The summed E-state index contributed by atoms with van der Waals surface area (Å²) >= 11 is 0. The number of nitrogens with one attached hydrogen (secondary N) is 1. The number of likely N-dealkylation sites (tertiary alicyclic amines) is 1. The Bertz CT molecular complexity index is 537. The molecular weight excluding hydrogens is 264 g/mol. The van der Waals surface area contributed by atoms with Crippen molar-refractivity contribution in [1.29, 1.82) is 5.26 Å². The van der Waals surface area contributed by atoms with Gasteiger partial charge in [0.05, 0.1) is 18.2 Å². The standard InChI is InChI=1S/C16H22N4O/c1-12-5-3-4-10-20(12)16(21)13(2)19-15-7-9-18-14(11-15)6-8-17/h7,9,11-13H,3-6,10H2,1-2H3,(H,18,19)/t12-,13+/m1/s1. The first kappa shape index (κ1) is 15.3. The van der Waals surface area contributed by atoms with Gasteiger partial charge >= 0.3 is 0 Å². The molecule has 0 aliphatic carbocycles. The maximum Gasteiger partial charge on any atom is 0.245 e. The number of pyridine rings is 1. The fraction of sp³-hybridized carbons (Fsp3) is 0.562. The van der Waals surface area contributed by atoms with Crippen LogP contribution >= 0.6 is 0 Å². The fourth-order valence-electron chi connectivity index (χ4n) is 2.73. The summed E-state index contributed by atoms with van der Waals surface area (Å²) in [6.45, 7) is 4.84. The topological polar surface area (TPSA) is 69.0 Å². The fourth-order valence-corrected chi connectivity index (χ4v) is 2.73. The highest BCUT2D eigenvalue weighted by atomic mass is 16.2. The Morgan fingerprint density at radius 2 is 2.43 bits per heavy atom. The van der Waals surface area contributed by atoms with E-state index in [1.807, 2.05) is 24.0 Å². The van der Waals surface area contributed by atoms with E-state index in [1.54, 1.807) is 6.20 Å². The minimum atomic E-state index is -0.275. The van der Waals surface area contributed by atoms with Gasteiger partial charge in [-0.15, -0.1) is 0 Å². The number of hydrogen-bond acceptors (Lipinski definition) is 4. The highest BCUT2D eigenvalue weighted by molar-refractivity contribution is 5.84. The first-order valence-corrected chi connectivity index (χ1v) is 7.50. The van der Waals surface area contributed by atoms with Gasteiger partial charge in [0.1, 0.15) is 6.04 Å². The van der Waals surface area contributed by atoms with Crippen molar-refractivity contribution in [1.82, 2.24) is 9.88 Å². The Morgan fingerprint density at radius 3 is 3.14 bits per heavy atom. The lowest BCUT2D eigenvalue weighted by molar-refractivity contribution is -0.134. The van der Waals surface area contributed by atoms with Gasteiger partial charge in [0.15, 0.2) is 0 Å². The van der Waals surface area contributed by atoms with Gasteiger partial charge < -0.3 is 10.2 Å². The number of rotatable bonds is 4. The highest BCUT2D eigenvalue weighted by Crippen LogP contribution is 2.18. The maximum atomic E-state index is 12.5. The molecule has 2 rings (SSSR count). The molecule has 0 unspecified atom stereocenters. The van der Waals surface area contributed by atoms with Crippen LogP contribution in [0.25, 0.3) is 0 Å². The third-order valence-corrected chi connectivity index (χ3v) is 3.92. The van der Waals surface area contributed by atoms with Crippen molar-refractivity contribution in [2.45, 2.75) is 51.6 Å². The van der Waals surface area contributed by atoms with Gasteiger partial charge in [-0.05, 0) is 45.2 Å². The molecule has 2 heterocycles. The molecule has 1 aromatic rings. The van der Waals surface area contributed by atoms with Gasteiger partial charge in [0.25, 0.3) is 0 Å². The Balaban J connectivity index is 2.00. The molecule has 0 aromatic carbocycles. The lowest BCUT2D eigenvalue weighted by Crippen LogP contribution is -2.48. The number of amides is 1. The number of anilines is 1. The number of nitriles is 1. The molecule has 1 aliphatic rings. The van der Waals surface area contributed by atoms with Gasteiger partial charge in [-0.3, -0.25) is 9.78 Å². The molecule has 1 saturated heterocycles. The molecule has 5 heteroatoms. The summed E-state index contributed by atoms with van der Waals surface area (Å²) in [6, 6.07) is 5.78. The number of hydrogen-bond donors (Lipinski definition) is 1. The highest BCUT2D eigenvalue weighted by Gasteiger charge is 2.26. The van der Waals surface area contributed by atoms with E-state index in [9.17, 15) is 4.79 Å². The molecule has 5 nitrogen and oxygen atoms in total. The van der Waals surface area contributed by atoms with E-state index in [-0.39, 0.29) is 18.4 Å². The Hall–Kier alpha value is -2.09. The molecule has 0 bridgehead atoms. The summed E-state index contributed by atoms with van der Waals surface area (Å²) in [5, 5.41) is 11.9. The zero-order valence-corrected chi connectivity index (χ0v) is 12.7. The zero-order chi connectivity index (χ0) is 15.2. The van der Waals surface area contributed by atoms with Gasteiger partial charge in [-0.1, -0.05) is 0 Å². The maximum absolute atomic E-state index is 12.5. The predicted molar refractivity (Wildman–Crippen MR) is 81.7 cm³/mol. The summed E-state index contributed by atoms with van der Waals surface area (Å²) < 4.78 is 0. The number of aromatic nitrogens is 1. The lowest BCUT2D eigenvalue weighted by atomic mass is 10.0. The van der Waals surface area contributed by atoms with Gasteiger partial charge in [-0.2, -0.15) is 5.26 Å². The number of carbonyl (C=O) groups excluding carboxylic acids is 1. The summed E-state index contributed by atoms with van der Waals surface area (Å²) in [5.41, 5.74) is 1.55. The second-order valence-corrected chi connectivity index (χ2v) is 5.61. The van der Waals surface area contributed by atoms with Crippen LogP contribution in [-0.4, -0.2) is 34.4 Å². The summed E-state index contributed by atoms with van der Waals surface area (Å²) in [4.78, 5) is 18.6. The monoisotopic (exact) mass is 286 g/mol. The van der Waals surface area contributed by atoms with Gasteiger partial charge in [-0.25, -0.2) is 0 Å². The molecule has 1 fully saturated rings. The van der Waals surface area contributed by atoms with E-state index < -0.39 is 0 Å². The second-order valence-electron chi connectivity index (χ2n) is 5.61. The van der Waals surface area contributed by atoms with Crippen LogP contribution in [0, 0.1) is 11.3 Å². The molecule has 2 atom stereocenters. The molecule has 21 heavy (non-hydrogen) atoms. The largest absolute Gasteiger partial charge is 0.374 e. The van der Waals surface area contributed by atoms with E-state index in [4.69, 9.17) is 5.26 Å². The molecule has 0 spiro atoms. The lowest BCUT2D eigenvalue weighted by Gasteiger charge is -2.35. The van der Waals surface area contributed by atoms with E-state index in [1.165, 1.54) is 6.42 Å². The van der Waals surface area contributed by atoms with Crippen molar-refractivity contribution in [2.24, 2.45) is 0 Å². The second kappa shape index (κ2) is 7.07. The van der Waals surface area contributed by atoms with Gasteiger partial charge in [0.2, 0.25) is 5.91 Å². The number of piperidine rings is 1. The van der Waals surface area contributed by atoms with Crippen LogP contribution < -0.4 is 5.32 Å². The predicted octanol–water partition coefficient (Wildman–Crippen LogP) is 2.35. The van der Waals surface area contributed by atoms with Crippen molar-refractivity contribution in [3.8, 4) is 6.07 Å². The van der Waals surface area contributed by atoms with Crippen molar-refractivity contribution in [3.05, 3.63) is 24.0 Å². The normalized spacial score (nSPS) is 19.7. The van der Waals surface area contributed by atoms with Crippen molar-refractivity contribution >= 4 is 11.6 Å². The third-order valence-electron chi connectivity index (χ3n) is 3.92. The van der Waals surface area contributed by atoms with Crippen LogP contribution in [0.5, 0.6) is 0 Å². The average Bonchev–Trinajstić information content (AvgIpc) is 2.48. The van der Waals surface area contributed by atoms with Crippen LogP contribution in [-0.2, 0) is 11.2 Å². The van der Waals surface area contributed by atoms with Crippen LogP contribution in [0.1, 0.15) is 38.8 Å². The van der Waals surface area contributed by atoms with E-state index in [0.717, 1.165) is 25.1 Å². The zero-order valence-electron chi connectivity index (χ0n) is 12.7. The smallest absolute Gasteiger partial charge is 0.245 e. The summed E-state index contributed by atoms with van der Waals surface area (Å²) in [6.07, 6.45) is 5.32. The van der Waals surface area contributed by atoms with Crippen LogP contribution in [0.2, 0.25) is 0 Å². The van der Waals surface area contributed by atoms with E-state index >= 15 is 0 Å². The summed E-state index contributed by atoms with van der Waals surface area (Å²) in [7, 11) is 0. The molecule has 112 valence electrons. The Morgan fingerprint density at radius 1 is 1.62 bits per heavy atom. The van der Waals surface area contributed by atoms with Crippen LogP contribution in [0.3, 0.4) is 0 Å². The minimum Gasteiger partial charge on any atom is -0.374 e. The first-order valence-electron chi connectivity index (χ1n) is 7.50. The van der Waals surface area contributed by atoms with E-state index in [0.29, 0.717) is 11.7 Å². The van der Waals surface area contributed by atoms with Crippen molar-refractivity contribution in [2.75, 3.05) is 11.9 Å². The quantitative estimate of drug-likeness (QED) is 0.922. The molecular formula is C16H22N4O. The SMILES string of the molecule is C[C@H](Nc1ccnc(CC#N)c1)C(=O)N1CCCC[C@H]1C. The average molecular weight is 286 g/mol. The summed E-state index contributed by atoms with van der Waals surface area (Å²) in [5.74, 6) is 0.140. The molecule has 1 aliphatic heterocycles. The van der Waals surface area contributed by atoms with Crippen molar-refractivity contribution in [3.63, 3.8) is 0 Å². The molecule has 1 amide bonds. The third kappa shape index (κ3) is 3.94. The Labute approximate surface area is 126 Å². The molecule has 1 aromatic heterocycles. The van der Waals surface area contributed by atoms with E-state index in [2.05, 4.69) is 23.3 Å². The molecule has 0 saturated carbocycles. The van der Waals surface area contributed by atoms with Crippen LogP contribution in [0.15, 0.2) is 18.3 Å². The Kier molecular flexibility index (Phi) is 5.15.